The van der Waals surface area contributed by atoms with E-state index in [4.69, 9.17) is 9.26 Å². The van der Waals surface area contributed by atoms with Gasteiger partial charge < -0.3 is 9.26 Å². The predicted octanol–water partition coefficient (Wildman–Crippen LogP) is 4.61. The number of thioether (sulfide) groups is 1. The molecule has 0 spiro atoms. The van der Waals surface area contributed by atoms with E-state index in [1.54, 1.807) is 11.8 Å². The summed E-state index contributed by atoms with van der Waals surface area (Å²) in [5, 5.41) is 12.7. The molecule has 0 bridgehead atoms. The molecule has 30 heavy (non-hydrogen) atoms. The highest BCUT2D eigenvalue weighted by molar-refractivity contribution is 7.98. The molecule has 4 aromatic rings. The van der Waals surface area contributed by atoms with E-state index < -0.39 is 0 Å². The van der Waals surface area contributed by atoms with E-state index >= 15 is 0 Å². The number of fused-ring (bicyclic) bond motifs is 1. The second-order valence-electron chi connectivity index (χ2n) is 7.38. The highest BCUT2D eigenvalue weighted by atomic mass is 32.2. The lowest BCUT2D eigenvalue weighted by Crippen LogP contribution is -2.22. The minimum Gasteiger partial charge on any atom is -0.365 e. The molecule has 5 rings (SSSR count). The van der Waals surface area contributed by atoms with E-state index in [0.717, 1.165) is 11.3 Å². The molecule has 152 valence electrons. The quantitative estimate of drug-likeness (QED) is 0.447. The maximum atomic E-state index is 6.16. The van der Waals surface area contributed by atoms with Crippen molar-refractivity contribution in [2.75, 3.05) is 6.26 Å². The molecule has 7 nitrogen and oxygen atoms in total. The Morgan fingerprint density at radius 1 is 1.10 bits per heavy atom. The van der Waals surface area contributed by atoms with Crippen LogP contribution < -0.4 is 0 Å². The average molecular weight is 420 g/mol. The summed E-state index contributed by atoms with van der Waals surface area (Å²) in [5.41, 5.74) is 5.97. The van der Waals surface area contributed by atoms with E-state index in [0.29, 0.717) is 30.6 Å². The van der Waals surface area contributed by atoms with Crippen LogP contribution in [0.5, 0.6) is 0 Å². The summed E-state index contributed by atoms with van der Waals surface area (Å²) in [6.45, 7) is 5.19. The van der Waals surface area contributed by atoms with Gasteiger partial charge in [0.1, 0.15) is 6.10 Å². The number of benzene rings is 2. The lowest BCUT2D eigenvalue weighted by molar-refractivity contribution is -0.00153. The number of aryl methyl sites for hydroxylation is 2. The predicted molar refractivity (Wildman–Crippen MR) is 114 cm³/mol. The van der Waals surface area contributed by atoms with Crippen molar-refractivity contribution in [1.82, 2.24) is 25.1 Å². The topological polar surface area (TPSA) is 78.9 Å². The van der Waals surface area contributed by atoms with Crippen LogP contribution in [0, 0.1) is 13.8 Å². The Kier molecular flexibility index (Phi) is 4.88. The van der Waals surface area contributed by atoms with Gasteiger partial charge in [-0.15, -0.1) is 16.9 Å². The molecule has 0 unspecified atom stereocenters. The first-order valence-corrected chi connectivity index (χ1v) is 10.9. The van der Waals surface area contributed by atoms with Gasteiger partial charge >= 0.3 is 0 Å². The van der Waals surface area contributed by atoms with Crippen molar-refractivity contribution >= 4 is 11.8 Å². The highest BCUT2D eigenvalue weighted by Crippen LogP contribution is 2.32. The van der Waals surface area contributed by atoms with Gasteiger partial charge in [-0.25, -0.2) is 4.68 Å². The maximum Gasteiger partial charge on any atom is 0.280 e. The zero-order valence-corrected chi connectivity index (χ0v) is 17.8. The van der Waals surface area contributed by atoms with Gasteiger partial charge in [0.05, 0.1) is 18.8 Å². The fourth-order valence-electron chi connectivity index (χ4n) is 3.73. The highest BCUT2D eigenvalue weighted by Gasteiger charge is 2.28. The fourth-order valence-corrected chi connectivity index (χ4v) is 4.14. The Labute approximate surface area is 178 Å². The lowest BCUT2D eigenvalue weighted by atomic mass is 10.0. The molecular weight excluding hydrogens is 398 g/mol. The van der Waals surface area contributed by atoms with Crippen molar-refractivity contribution in [2.45, 2.75) is 38.0 Å². The second-order valence-corrected chi connectivity index (χ2v) is 8.26. The largest absolute Gasteiger partial charge is 0.365 e. The summed E-state index contributed by atoms with van der Waals surface area (Å²) >= 11 is 1.69. The van der Waals surface area contributed by atoms with Crippen molar-refractivity contribution in [3.63, 3.8) is 0 Å². The summed E-state index contributed by atoms with van der Waals surface area (Å²) in [5.74, 6) is 0.887. The molecule has 1 aliphatic heterocycles. The molecule has 0 N–H and O–H groups in total. The van der Waals surface area contributed by atoms with Gasteiger partial charge in [-0.05, 0) is 55.5 Å². The number of nitrogens with zero attached hydrogens (tertiary/aromatic N) is 5. The molecule has 3 heterocycles. The lowest BCUT2D eigenvalue weighted by Gasteiger charge is -2.25. The number of aromatic nitrogens is 5. The number of ether oxygens (including phenoxy) is 1. The van der Waals surface area contributed by atoms with E-state index in [9.17, 15) is 0 Å². The first-order valence-electron chi connectivity index (χ1n) is 9.72. The van der Waals surface area contributed by atoms with Crippen molar-refractivity contribution in [1.29, 1.82) is 0 Å². The Morgan fingerprint density at radius 3 is 2.70 bits per heavy atom. The van der Waals surface area contributed by atoms with Crippen LogP contribution in [0.25, 0.3) is 23.0 Å². The SMILES string of the molecule is CSc1ccc(-c2noc(-c3nnn4c3CO[C@H](c3ccc(C)cc3C)C4)n2)cc1. The molecule has 0 amide bonds. The first-order chi connectivity index (χ1) is 14.6. The molecular formula is C22H21N5O2S. The molecule has 1 atom stereocenters. The third kappa shape index (κ3) is 3.42. The zero-order chi connectivity index (χ0) is 20.7. The van der Waals surface area contributed by atoms with Crippen molar-refractivity contribution in [2.24, 2.45) is 0 Å². The van der Waals surface area contributed by atoms with Crippen LogP contribution in [0.2, 0.25) is 0 Å². The molecule has 8 heteroatoms. The molecule has 0 saturated carbocycles. The van der Waals surface area contributed by atoms with Crippen molar-refractivity contribution in [3.8, 4) is 23.0 Å². The number of hydrogen-bond acceptors (Lipinski definition) is 7. The summed E-state index contributed by atoms with van der Waals surface area (Å²) in [4.78, 5) is 5.72. The minimum atomic E-state index is -0.0548. The summed E-state index contributed by atoms with van der Waals surface area (Å²) in [7, 11) is 0. The van der Waals surface area contributed by atoms with Crippen molar-refractivity contribution < 1.29 is 9.26 Å². The van der Waals surface area contributed by atoms with Gasteiger partial charge in [0.25, 0.3) is 5.89 Å². The summed E-state index contributed by atoms with van der Waals surface area (Å²) < 4.78 is 13.5. The molecule has 0 saturated heterocycles. The fraction of sp³-hybridized carbons (Fsp3) is 0.273. The first kappa shape index (κ1) is 19.0. The molecule has 0 radical (unpaired) electrons. The Morgan fingerprint density at radius 2 is 1.93 bits per heavy atom. The molecule has 2 aromatic carbocycles. The van der Waals surface area contributed by atoms with Gasteiger partial charge in [-0.3, -0.25) is 0 Å². The van der Waals surface area contributed by atoms with Gasteiger partial charge in [-0.1, -0.05) is 34.1 Å². The third-order valence-electron chi connectivity index (χ3n) is 5.35. The van der Waals surface area contributed by atoms with E-state index in [1.807, 2.05) is 35.2 Å². The number of rotatable bonds is 4. The van der Waals surface area contributed by atoms with Gasteiger partial charge in [0.15, 0.2) is 5.69 Å². The molecule has 2 aromatic heterocycles. The Hall–Kier alpha value is -2.97. The van der Waals surface area contributed by atoms with E-state index in [1.165, 1.54) is 21.6 Å². The van der Waals surface area contributed by atoms with Crippen LogP contribution >= 0.6 is 11.8 Å². The monoisotopic (exact) mass is 419 g/mol. The standard InChI is InChI=1S/C22H21N5O2S/c1-13-4-9-17(14(2)10-13)19-11-27-18(12-28-19)20(24-26-27)22-23-21(25-29-22)15-5-7-16(30-3)8-6-15/h4-10,19H,11-12H2,1-3H3/t19-/m0/s1. The normalized spacial score (nSPS) is 15.9. The van der Waals surface area contributed by atoms with Crippen LogP contribution in [0.3, 0.4) is 0 Å². The van der Waals surface area contributed by atoms with E-state index in [-0.39, 0.29) is 6.10 Å². The van der Waals surface area contributed by atoms with Crippen LogP contribution in [0.15, 0.2) is 51.9 Å². The van der Waals surface area contributed by atoms with Crippen LogP contribution in [0.1, 0.15) is 28.5 Å². The Bertz CT molecular complexity index is 1200. The molecule has 0 aliphatic carbocycles. The van der Waals surface area contributed by atoms with Crippen LogP contribution in [0.4, 0.5) is 0 Å². The number of hydrogen-bond donors (Lipinski definition) is 0. The van der Waals surface area contributed by atoms with Crippen LogP contribution in [-0.4, -0.2) is 31.4 Å². The molecule has 1 aliphatic rings. The van der Waals surface area contributed by atoms with Crippen molar-refractivity contribution in [3.05, 3.63) is 64.8 Å². The maximum absolute atomic E-state index is 6.16. The van der Waals surface area contributed by atoms with Gasteiger partial charge in [0.2, 0.25) is 5.82 Å². The third-order valence-corrected chi connectivity index (χ3v) is 6.09. The Balaban J connectivity index is 1.40. The zero-order valence-electron chi connectivity index (χ0n) is 17.0. The summed E-state index contributed by atoms with van der Waals surface area (Å²) in [6.07, 6.45) is 1.99. The minimum absolute atomic E-state index is 0.0548. The summed E-state index contributed by atoms with van der Waals surface area (Å²) in [6, 6.07) is 14.5. The smallest absolute Gasteiger partial charge is 0.280 e. The van der Waals surface area contributed by atoms with E-state index in [2.05, 4.69) is 52.5 Å². The molecule has 0 fully saturated rings. The average Bonchev–Trinajstić information content (AvgIpc) is 3.40. The van der Waals surface area contributed by atoms with Gasteiger partial charge in [0, 0.05) is 10.5 Å². The van der Waals surface area contributed by atoms with Gasteiger partial charge in [-0.2, -0.15) is 4.98 Å². The second kappa shape index (κ2) is 7.70. The van der Waals surface area contributed by atoms with Crippen LogP contribution in [-0.2, 0) is 17.9 Å².